The number of fused-ring (bicyclic) bond motifs is 1. The molecule has 3 heterocycles. The van der Waals surface area contributed by atoms with Gasteiger partial charge in [-0.05, 0) is 73.6 Å². The minimum Gasteiger partial charge on any atom is -0.390 e. The Bertz CT molecular complexity index is 1610. The highest BCUT2D eigenvalue weighted by Crippen LogP contribution is 2.44. The maximum absolute atomic E-state index is 14.0. The van der Waals surface area contributed by atoms with E-state index in [0.29, 0.717) is 37.9 Å². The summed E-state index contributed by atoms with van der Waals surface area (Å²) in [4.78, 5) is 44.7. The summed E-state index contributed by atoms with van der Waals surface area (Å²) in [6.07, 6.45) is 9.24. The van der Waals surface area contributed by atoms with Crippen LogP contribution in [0.4, 0.5) is 5.69 Å². The largest absolute Gasteiger partial charge is 0.390 e. The zero-order chi connectivity index (χ0) is 32.4. The second kappa shape index (κ2) is 13.8. The van der Waals surface area contributed by atoms with Crippen molar-refractivity contribution in [3.8, 4) is 0 Å². The summed E-state index contributed by atoms with van der Waals surface area (Å²) < 4.78 is 1.68. The molecule has 2 aliphatic carbocycles. The van der Waals surface area contributed by atoms with Crippen molar-refractivity contribution in [3.05, 3.63) is 85.5 Å². The van der Waals surface area contributed by atoms with E-state index in [1.807, 2.05) is 41.7 Å². The third-order valence-electron chi connectivity index (χ3n) is 10.0. The SMILES string of the molecule is CCc1cc2c(s1)CC(C)(C)CC2NCC(O)C(Cc1ccccc1)NC(=O)c1cc(N2CCCC2=O)c(=O)n(C2CCCC2)c1. The van der Waals surface area contributed by atoms with Crippen molar-refractivity contribution >= 4 is 28.8 Å². The number of nitrogens with one attached hydrogen (secondary N) is 2. The number of hydrogen-bond acceptors (Lipinski definition) is 6. The average Bonchev–Trinajstić information content (AvgIpc) is 3.81. The molecule has 2 aromatic heterocycles. The second-order valence-corrected chi connectivity index (χ2v) is 15.4. The number of aromatic nitrogens is 1. The molecule has 46 heavy (non-hydrogen) atoms. The maximum atomic E-state index is 14.0. The van der Waals surface area contributed by atoms with Crippen LogP contribution in [-0.4, -0.2) is 46.7 Å². The van der Waals surface area contributed by atoms with E-state index in [-0.39, 0.29) is 40.6 Å². The van der Waals surface area contributed by atoms with Crippen molar-refractivity contribution in [2.24, 2.45) is 5.41 Å². The van der Waals surface area contributed by atoms with Crippen molar-refractivity contribution in [1.29, 1.82) is 0 Å². The van der Waals surface area contributed by atoms with E-state index in [1.165, 1.54) is 15.3 Å². The summed E-state index contributed by atoms with van der Waals surface area (Å²) in [7, 11) is 0. The number of hydrogen-bond donors (Lipinski definition) is 3. The van der Waals surface area contributed by atoms with Crippen LogP contribution in [-0.2, 0) is 24.1 Å². The van der Waals surface area contributed by atoms with E-state index < -0.39 is 12.1 Å². The Morgan fingerprint density at radius 3 is 2.57 bits per heavy atom. The number of nitrogens with zero attached hydrogens (tertiary/aromatic N) is 2. The molecule has 3 aliphatic rings. The van der Waals surface area contributed by atoms with Crippen LogP contribution >= 0.6 is 11.3 Å². The number of thiophene rings is 1. The molecule has 3 aromatic rings. The van der Waals surface area contributed by atoms with Crippen LogP contribution in [0.3, 0.4) is 0 Å². The molecule has 9 heteroatoms. The molecule has 6 rings (SSSR count). The molecular weight excluding hydrogens is 596 g/mol. The standard InChI is InChI=1S/C37H48N4O4S/c1-4-27-19-28-30(20-37(2,3)21-33(28)46-27)38-22-32(42)29(17-24-11-6-5-7-12-24)39-35(44)25-18-31(40-16-10-15-34(40)43)36(45)41(23-25)26-13-8-9-14-26/h5-7,11-12,18-19,23,26,29-30,32,38,42H,4,8-10,13-17,20-22H2,1-3H3,(H,39,44). The van der Waals surface area contributed by atoms with E-state index in [9.17, 15) is 19.5 Å². The number of amides is 2. The van der Waals surface area contributed by atoms with E-state index in [1.54, 1.807) is 21.7 Å². The van der Waals surface area contributed by atoms with Gasteiger partial charge in [-0.15, -0.1) is 11.3 Å². The lowest BCUT2D eigenvalue weighted by Crippen LogP contribution is -2.49. The lowest BCUT2D eigenvalue weighted by molar-refractivity contribution is -0.117. The highest BCUT2D eigenvalue weighted by atomic mass is 32.1. The first-order chi connectivity index (χ1) is 22.1. The highest BCUT2D eigenvalue weighted by molar-refractivity contribution is 7.12. The quantitative estimate of drug-likeness (QED) is 0.248. The predicted molar refractivity (Wildman–Crippen MR) is 184 cm³/mol. The number of aliphatic hydroxyl groups is 1. The van der Waals surface area contributed by atoms with Gasteiger partial charge >= 0.3 is 0 Å². The summed E-state index contributed by atoms with van der Waals surface area (Å²) in [6, 6.07) is 13.4. The zero-order valence-corrected chi connectivity index (χ0v) is 28.2. The van der Waals surface area contributed by atoms with Crippen LogP contribution in [0, 0.1) is 5.41 Å². The second-order valence-electron chi connectivity index (χ2n) is 14.2. The molecule has 8 nitrogen and oxygen atoms in total. The first-order valence-electron chi connectivity index (χ1n) is 17.1. The number of anilines is 1. The van der Waals surface area contributed by atoms with Gasteiger partial charge in [-0.1, -0.05) is 63.9 Å². The van der Waals surface area contributed by atoms with E-state index in [2.05, 4.69) is 37.5 Å². The minimum absolute atomic E-state index is 0.0153. The Morgan fingerprint density at radius 1 is 1.11 bits per heavy atom. The van der Waals surface area contributed by atoms with Gasteiger partial charge in [0.25, 0.3) is 11.5 Å². The van der Waals surface area contributed by atoms with Gasteiger partial charge in [0.05, 0.1) is 17.7 Å². The summed E-state index contributed by atoms with van der Waals surface area (Å²) in [6.45, 7) is 7.61. The van der Waals surface area contributed by atoms with Crippen LogP contribution in [0.25, 0.3) is 0 Å². The van der Waals surface area contributed by atoms with Crippen LogP contribution in [0.5, 0.6) is 0 Å². The lowest BCUT2D eigenvalue weighted by atomic mass is 9.75. The van der Waals surface area contributed by atoms with Gasteiger partial charge in [-0.25, -0.2) is 0 Å². The van der Waals surface area contributed by atoms with Gasteiger partial charge in [-0.2, -0.15) is 0 Å². The zero-order valence-electron chi connectivity index (χ0n) is 27.4. The molecule has 3 atom stereocenters. The van der Waals surface area contributed by atoms with E-state index in [0.717, 1.165) is 50.5 Å². The third kappa shape index (κ3) is 7.16. The minimum atomic E-state index is -0.859. The van der Waals surface area contributed by atoms with Crippen molar-refractivity contribution < 1.29 is 14.7 Å². The summed E-state index contributed by atoms with van der Waals surface area (Å²) >= 11 is 1.90. The third-order valence-corrected chi connectivity index (χ3v) is 11.3. The number of carbonyl (C=O) groups is 2. The van der Waals surface area contributed by atoms with Crippen molar-refractivity contribution in [2.45, 2.75) is 109 Å². The molecule has 0 bridgehead atoms. The maximum Gasteiger partial charge on any atom is 0.274 e. The Labute approximate surface area is 276 Å². The fourth-order valence-corrected chi connectivity index (χ4v) is 8.96. The van der Waals surface area contributed by atoms with Gasteiger partial charge in [0.1, 0.15) is 5.69 Å². The molecule has 0 spiro atoms. The Morgan fingerprint density at radius 2 is 1.87 bits per heavy atom. The molecule has 1 saturated carbocycles. The average molecular weight is 645 g/mol. The predicted octanol–water partition coefficient (Wildman–Crippen LogP) is 5.72. The topological polar surface area (TPSA) is 104 Å². The van der Waals surface area contributed by atoms with Crippen molar-refractivity contribution in [2.75, 3.05) is 18.0 Å². The smallest absolute Gasteiger partial charge is 0.274 e. The number of carbonyl (C=O) groups excluding carboxylic acids is 2. The highest BCUT2D eigenvalue weighted by Gasteiger charge is 2.35. The van der Waals surface area contributed by atoms with Crippen molar-refractivity contribution in [3.63, 3.8) is 0 Å². The molecular formula is C37H48N4O4S. The summed E-state index contributed by atoms with van der Waals surface area (Å²) in [5.41, 5.74) is 2.91. The Hall–Kier alpha value is -3.27. The van der Waals surface area contributed by atoms with Crippen LogP contribution < -0.4 is 21.1 Å². The van der Waals surface area contributed by atoms with E-state index in [4.69, 9.17) is 0 Å². The summed E-state index contributed by atoms with van der Waals surface area (Å²) in [5, 5.41) is 18.5. The Kier molecular flexibility index (Phi) is 9.83. The van der Waals surface area contributed by atoms with Gasteiger partial charge in [0, 0.05) is 47.5 Å². The Balaban J connectivity index is 1.25. The molecule has 246 valence electrons. The van der Waals surface area contributed by atoms with E-state index >= 15 is 0 Å². The van der Waals surface area contributed by atoms with Crippen LogP contribution in [0.1, 0.15) is 109 Å². The first-order valence-corrected chi connectivity index (χ1v) is 17.9. The first kappa shape index (κ1) is 32.7. The number of benzene rings is 1. The molecule has 3 N–H and O–H groups in total. The molecule has 2 amide bonds. The van der Waals surface area contributed by atoms with Gasteiger partial charge in [0.15, 0.2) is 0 Å². The summed E-state index contributed by atoms with van der Waals surface area (Å²) in [5.74, 6) is -0.437. The lowest BCUT2D eigenvalue weighted by Gasteiger charge is -2.36. The number of aryl methyl sites for hydroxylation is 1. The fourth-order valence-electron chi connectivity index (χ4n) is 7.53. The monoisotopic (exact) mass is 644 g/mol. The molecule has 1 saturated heterocycles. The van der Waals surface area contributed by atoms with Crippen molar-refractivity contribution in [1.82, 2.24) is 15.2 Å². The normalized spacial score (nSPS) is 20.9. The number of rotatable bonds is 11. The van der Waals surface area contributed by atoms with Crippen LogP contribution in [0.15, 0.2) is 53.5 Å². The van der Waals surface area contributed by atoms with Crippen LogP contribution in [0.2, 0.25) is 0 Å². The number of pyridine rings is 1. The molecule has 3 unspecified atom stereocenters. The molecule has 2 fully saturated rings. The number of aliphatic hydroxyl groups excluding tert-OH is 1. The van der Waals surface area contributed by atoms with Gasteiger partial charge in [-0.3, -0.25) is 14.4 Å². The van der Waals surface area contributed by atoms with Gasteiger partial charge < -0.3 is 25.2 Å². The van der Waals surface area contributed by atoms with Gasteiger partial charge in [0.2, 0.25) is 5.91 Å². The molecule has 0 radical (unpaired) electrons. The molecule has 1 aliphatic heterocycles. The fraction of sp³-hybridized carbons (Fsp3) is 0.541. The molecule has 1 aromatic carbocycles.